The monoisotopic (exact) mass is 223 g/mol. The molecule has 0 spiro atoms. The molecule has 0 aromatic rings. The Morgan fingerprint density at radius 3 is 1.25 bits per heavy atom. The van der Waals surface area contributed by atoms with Crippen molar-refractivity contribution < 1.29 is 14.2 Å². The van der Waals surface area contributed by atoms with Crippen molar-refractivity contribution in [1.29, 1.82) is 15.8 Å². The van der Waals surface area contributed by atoms with Gasteiger partial charge in [-0.15, -0.1) is 0 Å². The highest BCUT2D eigenvalue weighted by Gasteiger charge is 2.09. The van der Waals surface area contributed by atoms with Gasteiger partial charge in [-0.1, -0.05) is 0 Å². The molecule has 0 fully saturated rings. The van der Waals surface area contributed by atoms with Crippen molar-refractivity contribution in [1.82, 2.24) is 0 Å². The molecule has 0 atom stereocenters. The molecule has 6 nitrogen and oxygen atoms in total. The highest BCUT2D eigenvalue weighted by atomic mass is 16.5. The second kappa shape index (κ2) is 11.4. The van der Waals surface area contributed by atoms with Crippen LogP contribution >= 0.6 is 0 Å². The summed E-state index contributed by atoms with van der Waals surface area (Å²) in [4.78, 5) is 0. The van der Waals surface area contributed by atoms with Crippen LogP contribution in [0.25, 0.3) is 0 Å². The van der Waals surface area contributed by atoms with E-state index in [1.54, 1.807) is 0 Å². The normalized spacial score (nSPS) is 9.38. The number of hydrogen-bond acceptors (Lipinski definition) is 6. The zero-order chi connectivity index (χ0) is 12.1. The summed E-state index contributed by atoms with van der Waals surface area (Å²) < 4.78 is 15.1. The highest BCUT2D eigenvalue weighted by molar-refractivity contribution is 4.71. The van der Waals surface area contributed by atoms with Crippen molar-refractivity contribution in [3.63, 3.8) is 0 Å². The Labute approximate surface area is 94.5 Å². The average Bonchev–Trinajstić information content (AvgIpc) is 2.29. The number of nitrogens with zero attached hydrogens (tertiary/aromatic N) is 3. The Hall–Kier alpha value is -1.65. The first-order chi connectivity index (χ1) is 7.85. The molecule has 0 heterocycles. The summed E-state index contributed by atoms with van der Waals surface area (Å²) in [5.74, 6) is -0.0740. The third-order valence-electron chi connectivity index (χ3n) is 1.56. The van der Waals surface area contributed by atoms with Crippen molar-refractivity contribution in [2.45, 2.75) is 0 Å². The Morgan fingerprint density at radius 2 is 1.00 bits per heavy atom. The quantitative estimate of drug-likeness (QED) is 0.518. The fraction of sp³-hybridized carbons (Fsp3) is 0.700. The Balaban J connectivity index is 3.73. The van der Waals surface area contributed by atoms with Crippen molar-refractivity contribution in [2.24, 2.45) is 5.92 Å². The second-order valence-electron chi connectivity index (χ2n) is 2.89. The minimum absolute atomic E-state index is 0.00694. The molecule has 0 aromatic carbocycles. The SMILES string of the molecule is N#CCOCC(COCC#N)COCC#N. The Morgan fingerprint density at radius 1 is 0.688 bits per heavy atom. The van der Waals surface area contributed by atoms with Crippen molar-refractivity contribution in [3.05, 3.63) is 0 Å². The lowest BCUT2D eigenvalue weighted by atomic mass is 10.2. The van der Waals surface area contributed by atoms with Crippen LogP contribution in [0, 0.1) is 39.9 Å². The maximum atomic E-state index is 8.28. The summed E-state index contributed by atoms with van der Waals surface area (Å²) in [6.07, 6.45) is 0. The largest absolute Gasteiger partial charge is 0.366 e. The molecule has 0 unspecified atom stereocenters. The minimum Gasteiger partial charge on any atom is -0.366 e. The minimum atomic E-state index is -0.0740. The van der Waals surface area contributed by atoms with E-state index in [1.165, 1.54) is 0 Å². The van der Waals surface area contributed by atoms with E-state index >= 15 is 0 Å². The van der Waals surface area contributed by atoms with Gasteiger partial charge in [-0.25, -0.2) is 0 Å². The molecular weight excluding hydrogens is 210 g/mol. The lowest BCUT2D eigenvalue weighted by Crippen LogP contribution is -2.22. The van der Waals surface area contributed by atoms with Gasteiger partial charge in [-0.2, -0.15) is 15.8 Å². The van der Waals surface area contributed by atoms with Gasteiger partial charge in [0.05, 0.1) is 38.0 Å². The van der Waals surface area contributed by atoms with Gasteiger partial charge in [-0.05, 0) is 0 Å². The summed E-state index contributed by atoms with van der Waals surface area (Å²) >= 11 is 0. The molecular formula is C10H13N3O3. The van der Waals surface area contributed by atoms with E-state index in [-0.39, 0.29) is 25.7 Å². The van der Waals surface area contributed by atoms with Crippen molar-refractivity contribution >= 4 is 0 Å². The third kappa shape index (κ3) is 8.93. The van der Waals surface area contributed by atoms with Gasteiger partial charge in [0.15, 0.2) is 0 Å². The molecule has 6 heteroatoms. The number of nitriles is 3. The van der Waals surface area contributed by atoms with Gasteiger partial charge < -0.3 is 14.2 Å². The molecule has 0 saturated carbocycles. The smallest absolute Gasteiger partial charge is 0.133 e. The Kier molecular flexibility index (Phi) is 10.2. The maximum absolute atomic E-state index is 8.28. The molecule has 16 heavy (non-hydrogen) atoms. The summed E-state index contributed by atoms with van der Waals surface area (Å²) in [5, 5.41) is 24.9. The molecule has 0 bridgehead atoms. The number of ether oxygens (including phenoxy) is 3. The van der Waals surface area contributed by atoms with Crippen LogP contribution in [0.2, 0.25) is 0 Å². The predicted octanol–water partition coefficient (Wildman–Crippen LogP) is 0.223. The van der Waals surface area contributed by atoms with E-state index in [2.05, 4.69) is 0 Å². The van der Waals surface area contributed by atoms with Crippen molar-refractivity contribution in [2.75, 3.05) is 39.6 Å². The second-order valence-corrected chi connectivity index (χ2v) is 2.89. The molecule has 0 saturated heterocycles. The van der Waals surface area contributed by atoms with E-state index in [9.17, 15) is 0 Å². The zero-order valence-electron chi connectivity index (χ0n) is 8.89. The molecule has 0 aliphatic heterocycles. The summed E-state index contributed by atoms with van der Waals surface area (Å²) in [5.41, 5.74) is 0. The third-order valence-corrected chi connectivity index (χ3v) is 1.56. The Bertz CT molecular complexity index is 240. The van der Waals surface area contributed by atoms with E-state index in [4.69, 9.17) is 30.0 Å². The fourth-order valence-corrected chi connectivity index (χ4v) is 0.958. The van der Waals surface area contributed by atoms with E-state index in [1.807, 2.05) is 18.2 Å². The first-order valence-corrected chi connectivity index (χ1v) is 4.69. The van der Waals surface area contributed by atoms with Gasteiger partial charge in [0.2, 0.25) is 0 Å². The molecule has 0 aliphatic carbocycles. The van der Waals surface area contributed by atoms with Crippen LogP contribution < -0.4 is 0 Å². The van der Waals surface area contributed by atoms with Crippen LogP contribution in [0.4, 0.5) is 0 Å². The lowest BCUT2D eigenvalue weighted by Gasteiger charge is -2.14. The molecule has 0 radical (unpaired) electrons. The zero-order valence-corrected chi connectivity index (χ0v) is 8.89. The summed E-state index contributed by atoms with van der Waals surface area (Å²) in [6.45, 7) is 0.951. The van der Waals surface area contributed by atoms with Gasteiger partial charge in [-0.3, -0.25) is 0 Å². The van der Waals surface area contributed by atoms with E-state index in [0.29, 0.717) is 19.8 Å². The predicted molar refractivity (Wildman–Crippen MR) is 52.8 cm³/mol. The standard InChI is InChI=1S/C10H13N3O3/c11-1-4-14-7-10(8-15-5-2-12)9-16-6-3-13/h10H,4-9H2. The van der Waals surface area contributed by atoms with Crippen LogP contribution in [-0.4, -0.2) is 39.6 Å². The van der Waals surface area contributed by atoms with Crippen molar-refractivity contribution in [3.8, 4) is 18.2 Å². The molecule has 0 amide bonds. The van der Waals surface area contributed by atoms with Crippen LogP contribution in [0.1, 0.15) is 0 Å². The van der Waals surface area contributed by atoms with Gasteiger partial charge >= 0.3 is 0 Å². The van der Waals surface area contributed by atoms with Crippen LogP contribution in [0.15, 0.2) is 0 Å². The van der Waals surface area contributed by atoms with Crippen LogP contribution in [0.5, 0.6) is 0 Å². The van der Waals surface area contributed by atoms with Gasteiger partial charge in [0.1, 0.15) is 19.8 Å². The van der Waals surface area contributed by atoms with Gasteiger partial charge in [0.25, 0.3) is 0 Å². The fourth-order valence-electron chi connectivity index (χ4n) is 0.958. The van der Waals surface area contributed by atoms with E-state index in [0.717, 1.165) is 0 Å². The molecule has 0 aromatic heterocycles. The van der Waals surface area contributed by atoms with Crippen LogP contribution in [0.3, 0.4) is 0 Å². The number of rotatable bonds is 9. The topological polar surface area (TPSA) is 99.1 Å². The molecule has 0 aliphatic rings. The summed E-state index contributed by atoms with van der Waals surface area (Å²) in [6, 6.07) is 5.55. The van der Waals surface area contributed by atoms with E-state index < -0.39 is 0 Å². The first kappa shape index (κ1) is 14.3. The molecule has 86 valence electrons. The summed E-state index contributed by atoms with van der Waals surface area (Å²) in [7, 11) is 0. The average molecular weight is 223 g/mol. The van der Waals surface area contributed by atoms with Crippen LogP contribution in [-0.2, 0) is 14.2 Å². The molecule has 0 rings (SSSR count). The highest BCUT2D eigenvalue weighted by Crippen LogP contribution is 2.00. The molecule has 0 N–H and O–H groups in total. The first-order valence-electron chi connectivity index (χ1n) is 4.69. The lowest BCUT2D eigenvalue weighted by molar-refractivity contribution is 0.0141. The maximum Gasteiger partial charge on any atom is 0.133 e. The van der Waals surface area contributed by atoms with Gasteiger partial charge in [0, 0.05) is 5.92 Å². The number of hydrogen-bond donors (Lipinski definition) is 0.